The first-order valence-electron chi connectivity index (χ1n) is 8.63. The van der Waals surface area contributed by atoms with Crippen molar-refractivity contribution >= 4 is 28.3 Å². The lowest BCUT2D eigenvalue weighted by atomic mass is 10.1. The first-order chi connectivity index (χ1) is 13.1. The molecule has 0 aliphatic rings. The van der Waals surface area contributed by atoms with E-state index < -0.39 is 5.97 Å². The summed E-state index contributed by atoms with van der Waals surface area (Å²) in [6.07, 6.45) is 5.09. The van der Waals surface area contributed by atoms with E-state index in [9.17, 15) is 9.59 Å². The maximum Gasteiger partial charge on any atom is 0.357 e. The number of carbonyl (C=O) groups excluding carboxylic acids is 2. The van der Waals surface area contributed by atoms with Crippen molar-refractivity contribution in [3.63, 3.8) is 0 Å². The lowest BCUT2D eigenvalue weighted by Crippen LogP contribution is -2.22. The van der Waals surface area contributed by atoms with Crippen LogP contribution in [0.4, 0.5) is 5.13 Å². The molecule has 1 amide bonds. The molecule has 0 saturated heterocycles. The van der Waals surface area contributed by atoms with E-state index in [1.165, 1.54) is 24.0 Å². The molecule has 6 nitrogen and oxygen atoms in total. The van der Waals surface area contributed by atoms with Crippen LogP contribution >= 0.6 is 11.3 Å². The Morgan fingerprint density at radius 3 is 2.52 bits per heavy atom. The third-order valence-corrected chi connectivity index (χ3v) is 5.27. The van der Waals surface area contributed by atoms with E-state index >= 15 is 0 Å². The largest absolute Gasteiger partial charge is 0.464 e. The SMILES string of the molecule is COC(=O)c1nc(NC(=O)[C@H](C)n2cccc2)sc1CCc1ccccc1. The number of anilines is 1. The third-order valence-electron chi connectivity index (χ3n) is 4.24. The van der Waals surface area contributed by atoms with Crippen LogP contribution in [0.2, 0.25) is 0 Å². The summed E-state index contributed by atoms with van der Waals surface area (Å²) in [5, 5.41) is 3.21. The molecule has 140 valence electrons. The number of ether oxygens (including phenoxy) is 1. The summed E-state index contributed by atoms with van der Waals surface area (Å²) in [4.78, 5) is 29.6. The Bertz CT molecular complexity index is 904. The first kappa shape index (κ1) is 18.8. The molecule has 2 aromatic heterocycles. The van der Waals surface area contributed by atoms with Crippen molar-refractivity contribution in [1.29, 1.82) is 0 Å². The Labute approximate surface area is 161 Å². The second-order valence-electron chi connectivity index (χ2n) is 6.06. The second kappa shape index (κ2) is 8.64. The van der Waals surface area contributed by atoms with Crippen molar-refractivity contribution in [3.8, 4) is 0 Å². The molecule has 0 aliphatic carbocycles. The Morgan fingerprint density at radius 2 is 1.85 bits per heavy atom. The molecular formula is C20H21N3O3S. The van der Waals surface area contributed by atoms with Crippen LogP contribution in [0.15, 0.2) is 54.9 Å². The number of nitrogens with one attached hydrogen (secondary N) is 1. The molecule has 1 N–H and O–H groups in total. The summed E-state index contributed by atoms with van der Waals surface area (Å²) in [5.41, 5.74) is 1.44. The maximum absolute atomic E-state index is 12.5. The van der Waals surface area contributed by atoms with Gasteiger partial charge < -0.3 is 14.6 Å². The highest BCUT2D eigenvalue weighted by Gasteiger charge is 2.21. The topological polar surface area (TPSA) is 73.2 Å². The molecule has 2 heterocycles. The summed E-state index contributed by atoms with van der Waals surface area (Å²) in [6, 6.07) is 13.4. The summed E-state index contributed by atoms with van der Waals surface area (Å²) in [7, 11) is 1.33. The number of benzene rings is 1. The molecule has 27 heavy (non-hydrogen) atoms. The van der Waals surface area contributed by atoms with Crippen molar-refractivity contribution in [2.24, 2.45) is 0 Å². The zero-order valence-electron chi connectivity index (χ0n) is 15.2. The van der Waals surface area contributed by atoms with Crippen LogP contribution in [0.25, 0.3) is 0 Å². The molecule has 0 unspecified atom stereocenters. The fraction of sp³-hybridized carbons (Fsp3) is 0.250. The highest BCUT2D eigenvalue weighted by atomic mass is 32.1. The van der Waals surface area contributed by atoms with Gasteiger partial charge in [-0.05, 0) is 37.5 Å². The highest BCUT2D eigenvalue weighted by Crippen LogP contribution is 2.26. The number of nitrogens with zero attached hydrogens (tertiary/aromatic N) is 2. The average Bonchev–Trinajstić information content (AvgIpc) is 3.36. The van der Waals surface area contributed by atoms with Crippen molar-refractivity contribution < 1.29 is 14.3 Å². The van der Waals surface area contributed by atoms with Crippen LogP contribution in [0.1, 0.15) is 33.9 Å². The van der Waals surface area contributed by atoms with E-state index in [0.29, 0.717) is 11.6 Å². The number of hydrogen-bond donors (Lipinski definition) is 1. The summed E-state index contributed by atoms with van der Waals surface area (Å²) < 4.78 is 6.65. The molecule has 7 heteroatoms. The van der Waals surface area contributed by atoms with Gasteiger partial charge in [0.2, 0.25) is 5.91 Å². The van der Waals surface area contributed by atoms with E-state index in [4.69, 9.17) is 4.74 Å². The molecule has 1 atom stereocenters. The molecule has 3 aromatic rings. The summed E-state index contributed by atoms with van der Waals surface area (Å²) in [5.74, 6) is -0.681. The lowest BCUT2D eigenvalue weighted by Gasteiger charge is -2.12. The fourth-order valence-corrected chi connectivity index (χ4v) is 3.64. The van der Waals surface area contributed by atoms with Crippen LogP contribution in [0, 0.1) is 0 Å². The quantitative estimate of drug-likeness (QED) is 0.631. The van der Waals surface area contributed by atoms with Gasteiger partial charge in [0.05, 0.1) is 7.11 Å². The molecule has 1 aromatic carbocycles. The van der Waals surface area contributed by atoms with Crippen LogP contribution in [0.5, 0.6) is 0 Å². The molecule has 0 aliphatic heterocycles. The molecule has 0 spiro atoms. The predicted octanol–water partition coefficient (Wildman–Crippen LogP) is 3.72. The summed E-state index contributed by atoms with van der Waals surface area (Å²) in [6.45, 7) is 1.81. The van der Waals surface area contributed by atoms with Gasteiger partial charge in [-0.1, -0.05) is 30.3 Å². The molecule has 0 bridgehead atoms. The molecule has 0 fully saturated rings. The first-order valence-corrected chi connectivity index (χ1v) is 9.45. The standard InChI is InChI=1S/C20H21N3O3S/c1-14(23-12-6-7-13-23)18(24)22-20-21-17(19(25)26-2)16(27-20)11-10-15-8-4-3-5-9-15/h3-9,12-14H,10-11H2,1-2H3,(H,21,22,24)/t14-/m0/s1. The van der Waals surface area contributed by atoms with Gasteiger partial charge in [-0.3, -0.25) is 4.79 Å². The van der Waals surface area contributed by atoms with Gasteiger partial charge in [-0.25, -0.2) is 9.78 Å². The highest BCUT2D eigenvalue weighted by molar-refractivity contribution is 7.16. The Hall–Kier alpha value is -2.93. The fourth-order valence-electron chi connectivity index (χ4n) is 2.68. The molecule has 0 saturated carbocycles. The van der Waals surface area contributed by atoms with E-state index in [0.717, 1.165) is 11.3 Å². The molecule has 0 radical (unpaired) electrons. The minimum absolute atomic E-state index is 0.189. The van der Waals surface area contributed by atoms with Crippen molar-refractivity contribution in [1.82, 2.24) is 9.55 Å². The minimum atomic E-state index is -0.492. The smallest absolute Gasteiger partial charge is 0.357 e. The number of amides is 1. The second-order valence-corrected chi connectivity index (χ2v) is 7.15. The maximum atomic E-state index is 12.5. The van der Waals surface area contributed by atoms with Gasteiger partial charge in [0.15, 0.2) is 10.8 Å². The van der Waals surface area contributed by atoms with Gasteiger partial charge in [0.1, 0.15) is 6.04 Å². The average molecular weight is 383 g/mol. The zero-order chi connectivity index (χ0) is 19.2. The number of rotatable bonds is 7. The summed E-state index contributed by atoms with van der Waals surface area (Å²) >= 11 is 1.31. The van der Waals surface area contributed by atoms with Crippen LogP contribution in [-0.2, 0) is 22.4 Å². The van der Waals surface area contributed by atoms with Crippen molar-refractivity contribution in [2.75, 3.05) is 12.4 Å². The van der Waals surface area contributed by atoms with Crippen LogP contribution < -0.4 is 5.32 Å². The number of methoxy groups -OCH3 is 1. The van der Waals surface area contributed by atoms with E-state index in [1.54, 1.807) is 11.5 Å². The van der Waals surface area contributed by atoms with Crippen LogP contribution in [-0.4, -0.2) is 28.5 Å². The number of aryl methyl sites for hydroxylation is 2. The number of carbonyl (C=O) groups is 2. The Kier molecular flexibility index (Phi) is 6.03. The predicted molar refractivity (Wildman–Crippen MR) is 105 cm³/mol. The molecular weight excluding hydrogens is 362 g/mol. The number of esters is 1. The lowest BCUT2D eigenvalue weighted by molar-refractivity contribution is -0.118. The zero-order valence-corrected chi connectivity index (χ0v) is 16.0. The van der Waals surface area contributed by atoms with Crippen LogP contribution in [0.3, 0.4) is 0 Å². The van der Waals surface area contributed by atoms with Crippen molar-refractivity contribution in [2.45, 2.75) is 25.8 Å². The Morgan fingerprint density at radius 1 is 1.15 bits per heavy atom. The Balaban J connectivity index is 1.75. The van der Waals surface area contributed by atoms with E-state index in [1.807, 2.05) is 54.9 Å². The number of thiazole rings is 1. The third kappa shape index (κ3) is 4.62. The van der Waals surface area contributed by atoms with E-state index in [-0.39, 0.29) is 17.6 Å². The van der Waals surface area contributed by atoms with Crippen molar-refractivity contribution in [3.05, 3.63) is 71.0 Å². The normalized spacial score (nSPS) is 11.8. The van der Waals surface area contributed by atoms with Gasteiger partial charge in [0, 0.05) is 17.3 Å². The minimum Gasteiger partial charge on any atom is -0.464 e. The van der Waals surface area contributed by atoms with Gasteiger partial charge in [0.25, 0.3) is 0 Å². The van der Waals surface area contributed by atoms with Gasteiger partial charge >= 0.3 is 5.97 Å². The van der Waals surface area contributed by atoms with E-state index in [2.05, 4.69) is 10.3 Å². The number of aromatic nitrogens is 2. The van der Waals surface area contributed by atoms with Gasteiger partial charge in [-0.15, -0.1) is 11.3 Å². The monoisotopic (exact) mass is 383 g/mol. The number of hydrogen-bond acceptors (Lipinski definition) is 5. The van der Waals surface area contributed by atoms with Gasteiger partial charge in [-0.2, -0.15) is 0 Å². The molecule has 3 rings (SSSR count).